The summed E-state index contributed by atoms with van der Waals surface area (Å²) in [6, 6.07) is 0. The third-order valence-corrected chi connectivity index (χ3v) is 4.31. The maximum absolute atomic E-state index is 9.17. The van der Waals surface area contributed by atoms with Gasteiger partial charge in [-0.15, -0.1) is 0 Å². The van der Waals surface area contributed by atoms with E-state index in [0.29, 0.717) is 5.41 Å². The molecule has 3 N–H and O–H groups in total. The van der Waals surface area contributed by atoms with Gasteiger partial charge in [-0.25, -0.2) is 0 Å². The van der Waals surface area contributed by atoms with Crippen molar-refractivity contribution in [1.82, 2.24) is 0 Å². The van der Waals surface area contributed by atoms with Crippen LogP contribution in [-0.4, -0.2) is 17.3 Å². The van der Waals surface area contributed by atoms with Crippen molar-refractivity contribution < 1.29 is 5.11 Å². The van der Waals surface area contributed by atoms with E-state index < -0.39 is 0 Å². The van der Waals surface area contributed by atoms with Crippen molar-refractivity contribution in [3.63, 3.8) is 0 Å². The van der Waals surface area contributed by atoms with Gasteiger partial charge in [-0.3, -0.25) is 0 Å². The van der Waals surface area contributed by atoms with Crippen molar-refractivity contribution in [2.24, 2.45) is 17.1 Å². The summed E-state index contributed by atoms with van der Waals surface area (Å²) in [6.45, 7) is 7.10. The highest BCUT2D eigenvalue weighted by molar-refractivity contribution is 4.92. The van der Waals surface area contributed by atoms with Crippen LogP contribution in [0.3, 0.4) is 0 Å². The van der Waals surface area contributed by atoms with Gasteiger partial charge in [-0.2, -0.15) is 0 Å². The Labute approximate surface area is 87.9 Å². The lowest BCUT2D eigenvalue weighted by Gasteiger charge is -2.42. The summed E-state index contributed by atoms with van der Waals surface area (Å²) in [5.41, 5.74) is 6.22. The molecule has 2 heteroatoms. The van der Waals surface area contributed by atoms with Gasteiger partial charge in [0.1, 0.15) is 0 Å². The Balaban J connectivity index is 2.51. The molecular formula is C12H25NO. The Hall–Kier alpha value is -0.0800. The highest BCUT2D eigenvalue weighted by Gasteiger charge is 2.36. The monoisotopic (exact) mass is 199 g/mol. The van der Waals surface area contributed by atoms with E-state index >= 15 is 0 Å². The fraction of sp³-hybridized carbons (Fsp3) is 1.00. The van der Waals surface area contributed by atoms with Gasteiger partial charge in [0.05, 0.1) is 6.61 Å². The first-order chi connectivity index (χ1) is 6.43. The van der Waals surface area contributed by atoms with E-state index in [-0.39, 0.29) is 12.1 Å². The Morgan fingerprint density at radius 2 is 1.86 bits per heavy atom. The van der Waals surface area contributed by atoms with Gasteiger partial charge >= 0.3 is 0 Å². The highest BCUT2D eigenvalue weighted by atomic mass is 16.3. The van der Waals surface area contributed by atoms with Crippen molar-refractivity contribution in [3.05, 3.63) is 0 Å². The van der Waals surface area contributed by atoms with Gasteiger partial charge in [-0.1, -0.05) is 27.2 Å². The first kappa shape index (κ1) is 12.0. The zero-order chi connectivity index (χ0) is 10.8. The van der Waals surface area contributed by atoms with Crippen LogP contribution in [0.4, 0.5) is 0 Å². The summed E-state index contributed by atoms with van der Waals surface area (Å²) in [5, 5.41) is 9.17. The molecular weight excluding hydrogens is 174 g/mol. The number of aliphatic hydroxyl groups excluding tert-OH is 1. The standard InChI is InChI=1S/C12H25NO/c1-4-11(2,3)10-5-7-12(13,9-14)8-6-10/h10,14H,4-9,13H2,1-3H3. The van der Waals surface area contributed by atoms with Gasteiger partial charge in [-0.05, 0) is 37.0 Å². The number of nitrogens with two attached hydrogens (primary N) is 1. The summed E-state index contributed by atoms with van der Waals surface area (Å²) in [6.07, 6.45) is 5.55. The van der Waals surface area contributed by atoms with Crippen LogP contribution in [0, 0.1) is 11.3 Å². The molecule has 1 fully saturated rings. The summed E-state index contributed by atoms with van der Waals surface area (Å²) in [4.78, 5) is 0. The minimum atomic E-state index is -0.277. The van der Waals surface area contributed by atoms with Crippen LogP contribution in [0.1, 0.15) is 52.9 Å². The molecule has 0 aliphatic heterocycles. The second-order valence-corrected chi connectivity index (χ2v) is 5.64. The van der Waals surface area contributed by atoms with Crippen molar-refractivity contribution in [1.29, 1.82) is 0 Å². The van der Waals surface area contributed by atoms with Crippen molar-refractivity contribution in [3.8, 4) is 0 Å². The summed E-state index contributed by atoms with van der Waals surface area (Å²) < 4.78 is 0. The molecule has 1 aliphatic carbocycles. The Kier molecular flexibility index (Phi) is 3.59. The van der Waals surface area contributed by atoms with Crippen LogP contribution in [0.5, 0.6) is 0 Å². The second-order valence-electron chi connectivity index (χ2n) is 5.64. The minimum absolute atomic E-state index is 0.145. The fourth-order valence-corrected chi connectivity index (χ4v) is 2.42. The summed E-state index contributed by atoms with van der Waals surface area (Å²) in [5.74, 6) is 0.788. The molecule has 0 saturated heterocycles. The van der Waals surface area contributed by atoms with Gasteiger partial charge in [0, 0.05) is 5.54 Å². The van der Waals surface area contributed by atoms with Gasteiger partial charge in [0.15, 0.2) is 0 Å². The van der Waals surface area contributed by atoms with Crippen molar-refractivity contribution >= 4 is 0 Å². The first-order valence-corrected chi connectivity index (χ1v) is 5.83. The van der Waals surface area contributed by atoms with Crippen LogP contribution in [0.2, 0.25) is 0 Å². The quantitative estimate of drug-likeness (QED) is 0.732. The Bertz CT molecular complexity index is 181. The summed E-state index contributed by atoms with van der Waals surface area (Å²) in [7, 11) is 0. The molecule has 1 rings (SSSR count). The SMILES string of the molecule is CCC(C)(C)C1CCC(N)(CO)CC1. The third kappa shape index (κ3) is 2.48. The van der Waals surface area contributed by atoms with E-state index in [0.717, 1.165) is 18.8 Å². The topological polar surface area (TPSA) is 46.2 Å². The van der Waals surface area contributed by atoms with E-state index in [4.69, 9.17) is 5.73 Å². The number of aliphatic hydroxyl groups is 1. The molecule has 0 aromatic heterocycles. The molecule has 1 saturated carbocycles. The van der Waals surface area contributed by atoms with Crippen LogP contribution >= 0.6 is 0 Å². The molecule has 0 aromatic rings. The normalized spacial score (nSPS) is 34.5. The van der Waals surface area contributed by atoms with Crippen LogP contribution in [-0.2, 0) is 0 Å². The molecule has 0 atom stereocenters. The zero-order valence-electron chi connectivity index (χ0n) is 9.84. The number of hydrogen-bond acceptors (Lipinski definition) is 2. The predicted molar refractivity (Wildman–Crippen MR) is 60.0 cm³/mol. The molecule has 0 amide bonds. The van der Waals surface area contributed by atoms with Gasteiger partial charge < -0.3 is 10.8 Å². The highest BCUT2D eigenvalue weighted by Crippen LogP contribution is 2.42. The molecule has 84 valence electrons. The van der Waals surface area contributed by atoms with Crippen LogP contribution in [0.25, 0.3) is 0 Å². The number of hydrogen-bond donors (Lipinski definition) is 2. The average molecular weight is 199 g/mol. The predicted octanol–water partition coefficient (Wildman–Crippen LogP) is 2.30. The molecule has 0 unspecified atom stereocenters. The first-order valence-electron chi connectivity index (χ1n) is 5.83. The zero-order valence-corrected chi connectivity index (χ0v) is 9.84. The maximum atomic E-state index is 9.17. The summed E-state index contributed by atoms with van der Waals surface area (Å²) >= 11 is 0. The van der Waals surface area contributed by atoms with E-state index in [1.165, 1.54) is 19.3 Å². The molecule has 0 radical (unpaired) electrons. The molecule has 0 bridgehead atoms. The van der Waals surface area contributed by atoms with Gasteiger partial charge in [0.25, 0.3) is 0 Å². The van der Waals surface area contributed by atoms with Crippen LogP contribution in [0.15, 0.2) is 0 Å². The van der Waals surface area contributed by atoms with Crippen LogP contribution < -0.4 is 5.73 Å². The third-order valence-electron chi connectivity index (χ3n) is 4.31. The fourth-order valence-electron chi connectivity index (χ4n) is 2.42. The largest absolute Gasteiger partial charge is 0.394 e. The molecule has 0 aromatic carbocycles. The molecule has 2 nitrogen and oxygen atoms in total. The van der Waals surface area contributed by atoms with Gasteiger partial charge in [0.2, 0.25) is 0 Å². The minimum Gasteiger partial charge on any atom is -0.394 e. The molecule has 14 heavy (non-hydrogen) atoms. The average Bonchev–Trinajstić information content (AvgIpc) is 2.19. The maximum Gasteiger partial charge on any atom is 0.0611 e. The van der Waals surface area contributed by atoms with E-state index in [2.05, 4.69) is 20.8 Å². The Morgan fingerprint density at radius 3 is 2.21 bits per heavy atom. The smallest absolute Gasteiger partial charge is 0.0611 e. The van der Waals surface area contributed by atoms with E-state index in [9.17, 15) is 5.11 Å². The number of rotatable bonds is 3. The molecule has 0 spiro atoms. The Morgan fingerprint density at radius 1 is 1.36 bits per heavy atom. The second kappa shape index (κ2) is 4.19. The van der Waals surface area contributed by atoms with Crippen molar-refractivity contribution in [2.45, 2.75) is 58.4 Å². The molecule has 1 aliphatic rings. The van der Waals surface area contributed by atoms with Crippen molar-refractivity contribution in [2.75, 3.05) is 6.61 Å². The lowest BCUT2D eigenvalue weighted by molar-refractivity contribution is 0.0825. The molecule has 0 heterocycles. The van der Waals surface area contributed by atoms with E-state index in [1.807, 2.05) is 0 Å². The van der Waals surface area contributed by atoms with E-state index in [1.54, 1.807) is 0 Å². The lowest BCUT2D eigenvalue weighted by Crippen LogP contribution is -2.48. The lowest BCUT2D eigenvalue weighted by atomic mass is 9.66.